The van der Waals surface area contributed by atoms with E-state index in [0.29, 0.717) is 5.69 Å². The minimum absolute atomic E-state index is 0.502. The highest BCUT2D eigenvalue weighted by Crippen LogP contribution is 2.25. The molecule has 1 aliphatic heterocycles. The number of hydrogen-bond donors (Lipinski definition) is 3. The molecule has 0 bridgehead atoms. The molecule has 1 aromatic rings. The second-order valence-electron chi connectivity index (χ2n) is 5.86. The molecular formula is C13H21N3O2S. The molecule has 0 amide bonds. The Bertz CT molecular complexity index is 562. The second-order valence-corrected chi connectivity index (χ2v) is 7.27. The van der Waals surface area contributed by atoms with Gasteiger partial charge in [-0.2, -0.15) is 13.1 Å². The van der Waals surface area contributed by atoms with Crippen molar-refractivity contribution in [2.24, 2.45) is 0 Å². The van der Waals surface area contributed by atoms with Gasteiger partial charge in [0.1, 0.15) is 0 Å². The molecule has 0 aromatic heterocycles. The standard InChI is InChI=1S/C13H21N3O2S/c1-13(2,3)16-19(17,18)15-11-7-6-10-5-4-8-14-12(10)9-11/h6-7,9,14-16H,4-5,8H2,1-3H3. The maximum absolute atomic E-state index is 11.9. The first-order valence-electron chi connectivity index (χ1n) is 6.44. The SMILES string of the molecule is CC(C)(C)NS(=O)(=O)Nc1ccc2c(c1)NCCC2. The van der Waals surface area contributed by atoms with Crippen molar-refractivity contribution in [1.29, 1.82) is 0 Å². The van der Waals surface area contributed by atoms with Crippen LogP contribution in [0.1, 0.15) is 32.8 Å². The number of rotatable bonds is 3. The summed E-state index contributed by atoms with van der Waals surface area (Å²) in [6, 6.07) is 5.61. The molecule has 5 nitrogen and oxygen atoms in total. The molecule has 6 heteroatoms. The molecule has 0 saturated carbocycles. The van der Waals surface area contributed by atoms with Gasteiger partial charge < -0.3 is 5.32 Å². The Morgan fingerprint density at radius 2 is 2.00 bits per heavy atom. The molecule has 0 radical (unpaired) electrons. The van der Waals surface area contributed by atoms with Crippen LogP contribution in [0.5, 0.6) is 0 Å². The Morgan fingerprint density at radius 1 is 1.26 bits per heavy atom. The van der Waals surface area contributed by atoms with E-state index < -0.39 is 15.7 Å². The largest absolute Gasteiger partial charge is 0.385 e. The molecule has 1 heterocycles. The van der Waals surface area contributed by atoms with Crippen LogP contribution >= 0.6 is 0 Å². The molecular weight excluding hydrogens is 262 g/mol. The summed E-state index contributed by atoms with van der Waals surface area (Å²) in [6.07, 6.45) is 2.15. The molecule has 0 fully saturated rings. The fraction of sp³-hybridized carbons (Fsp3) is 0.538. The van der Waals surface area contributed by atoms with Crippen molar-refractivity contribution in [3.05, 3.63) is 23.8 Å². The highest BCUT2D eigenvalue weighted by Gasteiger charge is 2.20. The fourth-order valence-electron chi connectivity index (χ4n) is 2.11. The van der Waals surface area contributed by atoms with Crippen LogP contribution < -0.4 is 14.8 Å². The number of fused-ring (bicyclic) bond motifs is 1. The van der Waals surface area contributed by atoms with Gasteiger partial charge in [0.25, 0.3) is 10.2 Å². The number of hydrogen-bond acceptors (Lipinski definition) is 3. The van der Waals surface area contributed by atoms with Crippen molar-refractivity contribution in [2.75, 3.05) is 16.6 Å². The van der Waals surface area contributed by atoms with E-state index in [2.05, 4.69) is 14.8 Å². The Kier molecular flexibility index (Phi) is 3.73. The average Bonchev–Trinajstić information content (AvgIpc) is 2.24. The molecule has 3 N–H and O–H groups in total. The van der Waals surface area contributed by atoms with Crippen molar-refractivity contribution >= 4 is 21.6 Å². The first-order valence-corrected chi connectivity index (χ1v) is 7.92. The predicted molar refractivity (Wildman–Crippen MR) is 78.7 cm³/mol. The first kappa shape index (κ1) is 14.1. The van der Waals surface area contributed by atoms with Gasteiger partial charge in [0.15, 0.2) is 0 Å². The molecule has 1 aromatic carbocycles. The van der Waals surface area contributed by atoms with Gasteiger partial charge in [-0.05, 0) is 51.3 Å². The minimum atomic E-state index is -3.55. The van der Waals surface area contributed by atoms with Gasteiger partial charge in [0, 0.05) is 17.8 Å². The van der Waals surface area contributed by atoms with Gasteiger partial charge >= 0.3 is 0 Å². The summed E-state index contributed by atoms with van der Waals surface area (Å²) in [6.45, 7) is 6.35. The van der Waals surface area contributed by atoms with Gasteiger partial charge in [0.2, 0.25) is 0 Å². The zero-order chi connectivity index (χ0) is 14.1. The number of aryl methyl sites for hydroxylation is 1. The smallest absolute Gasteiger partial charge is 0.299 e. The third-order valence-corrected chi connectivity index (χ3v) is 4.13. The summed E-state index contributed by atoms with van der Waals surface area (Å²) in [7, 11) is -3.55. The molecule has 1 aliphatic rings. The van der Waals surface area contributed by atoms with Crippen LogP contribution in [-0.2, 0) is 16.6 Å². The minimum Gasteiger partial charge on any atom is -0.385 e. The lowest BCUT2D eigenvalue weighted by Crippen LogP contribution is -2.43. The fourth-order valence-corrected chi connectivity index (χ4v) is 3.40. The summed E-state index contributed by atoms with van der Waals surface area (Å²) in [4.78, 5) is 0. The van der Waals surface area contributed by atoms with E-state index in [0.717, 1.165) is 25.1 Å². The van der Waals surface area contributed by atoms with Crippen LogP contribution in [-0.4, -0.2) is 20.5 Å². The average molecular weight is 283 g/mol. The monoisotopic (exact) mass is 283 g/mol. The van der Waals surface area contributed by atoms with Gasteiger partial charge in [-0.15, -0.1) is 0 Å². The molecule has 19 heavy (non-hydrogen) atoms. The maximum atomic E-state index is 11.9. The van der Waals surface area contributed by atoms with E-state index in [1.54, 1.807) is 26.8 Å². The lowest BCUT2D eigenvalue weighted by molar-refractivity contribution is 0.494. The summed E-state index contributed by atoms with van der Waals surface area (Å²) < 4.78 is 29.0. The van der Waals surface area contributed by atoms with Crippen molar-refractivity contribution in [3.63, 3.8) is 0 Å². The van der Waals surface area contributed by atoms with E-state index in [-0.39, 0.29) is 0 Å². The molecule has 0 saturated heterocycles. The van der Waals surface area contributed by atoms with E-state index >= 15 is 0 Å². The van der Waals surface area contributed by atoms with Crippen LogP contribution in [0.25, 0.3) is 0 Å². The number of anilines is 2. The van der Waals surface area contributed by atoms with Gasteiger partial charge in [-0.3, -0.25) is 4.72 Å². The molecule has 2 rings (SSSR count). The highest BCUT2D eigenvalue weighted by atomic mass is 32.2. The maximum Gasteiger partial charge on any atom is 0.299 e. The zero-order valence-corrected chi connectivity index (χ0v) is 12.4. The zero-order valence-electron chi connectivity index (χ0n) is 11.6. The van der Waals surface area contributed by atoms with Gasteiger partial charge in [-0.1, -0.05) is 6.07 Å². The van der Waals surface area contributed by atoms with E-state index in [4.69, 9.17) is 0 Å². The van der Waals surface area contributed by atoms with Crippen LogP contribution in [0, 0.1) is 0 Å². The lowest BCUT2D eigenvalue weighted by atomic mass is 10.0. The topological polar surface area (TPSA) is 70.2 Å². The van der Waals surface area contributed by atoms with E-state index in [9.17, 15) is 8.42 Å². The molecule has 0 atom stereocenters. The first-order chi connectivity index (χ1) is 8.75. The van der Waals surface area contributed by atoms with Crippen molar-refractivity contribution in [2.45, 2.75) is 39.2 Å². The molecule has 0 spiro atoms. The Labute approximate surface area is 115 Å². The van der Waals surface area contributed by atoms with Crippen LogP contribution in [0.4, 0.5) is 11.4 Å². The summed E-state index contributed by atoms with van der Waals surface area (Å²) >= 11 is 0. The number of nitrogens with one attached hydrogen (secondary N) is 3. The Hall–Kier alpha value is -1.27. The summed E-state index contributed by atoms with van der Waals surface area (Å²) in [5, 5.41) is 3.28. The summed E-state index contributed by atoms with van der Waals surface area (Å²) in [5.74, 6) is 0. The summed E-state index contributed by atoms with van der Waals surface area (Å²) in [5.41, 5.74) is 2.32. The third-order valence-electron chi connectivity index (χ3n) is 2.74. The lowest BCUT2D eigenvalue weighted by Gasteiger charge is -2.22. The quantitative estimate of drug-likeness (QED) is 0.795. The predicted octanol–water partition coefficient (Wildman–Crippen LogP) is 2.09. The Morgan fingerprint density at radius 3 is 2.68 bits per heavy atom. The van der Waals surface area contributed by atoms with Crippen LogP contribution in [0.15, 0.2) is 18.2 Å². The van der Waals surface area contributed by atoms with Gasteiger partial charge in [0.05, 0.1) is 5.69 Å². The molecule has 106 valence electrons. The van der Waals surface area contributed by atoms with Crippen molar-refractivity contribution < 1.29 is 8.42 Å². The third kappa shape index (κ3) is 4.11. The van der Waals surface area contributed by atoms with E-state index in [1.807, 2.05) is 12.1 Å². The normalized spacial score (nSPS) is 15.5. The van der Waals surface area contributed by atoms with E-state index in [1.165, 1.54) is 5.56 Å². The molecule has 0 unspecified atom stereocenters. The van der Waals surface area contributed by atoms with Crippen molar-refractivity contribution in [3.8, 4) is 0 Å². The number of benzene rings is 1. The molecule has 0 aliphatic carbocycles. The second kappa shape index (κ2) is 5.02. The highest BCUT2D eigenvalue weighted by molar-refractivity contribution is 7.90. The van der Waals surface area contributed by atoms with Crippen LogP contribution in [0.2, 0.25) is 0 Å². The van der Waals surface area contributed by atoms with Gasteiger partial charge in [-0.25, -0.2) is 0 Å². The Balaban J connectivity index is 2.15. The van der Waals surface area contributed by atoms with Crippen molar-refractivity contribution in [1.82, 2.24) is 4.72 Å². The van der Waals surface area contributed by atoms with Crippen LogP contribution in [0.3, 0.4) is 0 Å².